The van der Waals surface area contributed by atoms with Gasteiger partial charge in [0.1, 0.15) is 5.75 Å². The van der Waals surface area contributed by atoms with E-state index >= 15 is 0 Å². The van der Waals surface area contributed by atoms with Gasteiger partial charge in [0.2, 0.25) is 5.75 Å². The zero-order valence-electron chi connectivity index (χ0n) is 9.88. The van der Waals surface area contributed by atoms with Crippen molar-refractivity contribution >= 4 is 39.5 Å². The molecule has 0 aliphatic heterocycles. The van der Waals surface area contributed by atoms with Gasteiger partial charge in [0.05, 0.1) is 20.0 Å². The summed E-state index contributed by atoms with van der Waals surface area (Å²) in [5.41, 5.74) is -0.0737. The Bertz CT molecular complexity index is 690. The van der Waals surface area contributed by atoms with E-state index < -0.39 is 4.92 Å². The molecule has 0 heterocycles. The van der Waals surface area contributed by atoms with Gasteiger partial charge < -0.3 is 4.74 Å². The quantitative estimate of drug-likeness (QED) is 0.455. The molecule has 0 amide bonds. The second-order valence-electron chi connectivity index (χ2n) is 3.72. The predicted octanol–water partition coefficient (Wildman–Crippen LogP) is 4.62. The fraction of sp³-hybridized carbons (Fsp3) is 0. The predicted molar refractivity (Wildman–Crippen MR) is 77.7 cm³/mol. The minimum absolute atomic E-state index is 0.0165. The van der Waals surface area contributed by atoms with Crippen LogP contribution in [0.5, 0.6) is 11.5 Å². The van der Waals surface area contributed by atoms with E-state index in [1.54, 1.807) is 12.1 Å². The number of nitro groups is 1. The topological polar surface area (TPSA) is 69.4 Å². The van der Waals surface area contributed by atoms with E-state index in [0.717, 1.165) is 0 Å². The fourth-order valence-electron chi connectivity index (χ4n) is 1.57. The van der Waals surface area contributed by atoms with Crippen molar-refractivity contribution in [1.82, 2.24) is 0 Å². The highest BCUT2D eigenvalue weighted by atomic mass is 79.9. The first-order valence-electron chi connectivity index (χ1n) is 5.39. The van der Waals surface area contributed by atoms with Crippen molar-refractivity contribution in [2.24, 2.45) is 0 Å². The highest BCUT2D eigenvalue weighted by Gasteiger charge is 2.20. The number of rotatable bonds is 4. The van der Waals surface area contributed by atoms with Crippen molar-refractivity contribution in [2.45, 2.75) is 0 Å². The van der Waals surface area contributed by atoms with Crippen LogP contribution in [0.3, 0.4) is 0 Å². The molecule has 0 radical (unpaired) electrons. The van der Waals surface area contributed by atoms with Gasteiger partial charge in [-0.15, -0.1) is 0 Å². The minimum Gasteiger partial charge on any atom is -0.448 e. The number of ether oxygens (including phenoxy) is 1. The molecule has 2 aromatic carbocycles. The molecule has 0 saturated carbocycles. The summed E-state index contributed by atoms with van der Waals surface area (Å²) in [6.45, 7) is 0. The molecule has 5 nitrogen and oxygen atoms in total. The number of nitrogens with zero attached hydrogens (tertiary/aromatic N) is 1. The van der Waals surface area contributed by atoms with Crippen LogP contribution in [0.1, 0.15) is 10.4 Å². The molecular formula is C13H7BrClNO4. The average molecular weight is 357 g/mol. The van der Waals surface area contributed by atoms with Crippen LogP contribution in [0, 0.1) is 10.1 Å². The Morgan fingerprint density at radius 3 is 2.60 bits per heavy atom. The van der Waals surface area contributed by atoms with Crippen LogP contribution in [-0.4, -0.2) is 11.2 Å². The summed E-state index contributed by atoms with van der Waals surface area (Å²) in [5, 5.41) is 11.2. The molecule has 7 heteroatoms. The molecule has 2 rings (SSSR count). The lowest BCUT2D eigenvalue weighted by Gasteiger charge is -2.10. The highest BCUT2D eigenvalue weighted by Crippen LogP contribution is 2.39. The maximum atomic E-state index is 11.0. The van der Waals surface area contributed by atoms with Crippen LogP contribution in [-0.2, 0) is 0 Å². The molecule has 0 atom stereocenters. The summed E-state index contributed by atoms with van der Waals surface area (Å²) >= 11 is 9.07. The van der Waals surface area contributed by atoms with Gasteiger partial charge in [0.25, 0.3) is 0 Å². The molecule has 0 aliphatic rings. The van der Waals surface area contributed by atoms with E-state index in [4.69, 9.17) is 16.3 Å². The number of carbonyl (C=O) groups excluding carboxylic acids is 1. The van der Waals surface area contributed by atoms with Gasteiger partial charge in [0.15, 0.2) is 6.29 Å². The monoisotopic (exact) mass is 355 g/mol. The van der Waals surface area contributed by atoms with E-state index in [0.29, 0.717) is 10.8 Å². The first-order chi connectivity index (χ1) is 9.54. The maximum Gasteiger partial charge on any atom is 0.312 e. The minimum atomic E-state index is -0.564. The highest BCUT2D eigenvalue weighted by molar-refractivity contribution is 9.10. The lowest BCUT2D eigenvalue weighted by molar-refractivity contribution is -0.385. The number of carbonyl (C=O) groups is 1. The molecule has 102 valence electrons. The van der Waals surface area contributed by atoms with Crippen LogP contribution in [0.15, 0.2) is 40.9 Å². The van der Waals surface area contributed by atoms with Crippen LogP contribution in [0.25, 0.3) is 0 Å². The van der Waals surface area contributed by atoms with Crippen molar-refractivity contribution in [2.75, 3.05) is 0 Å². The Labute approximate surface area is 127 Å². The molecule has 0 N–H and O–H groups in total. The fourth-order valence-corrected chi connectivity index (χ4v) is 2.22. The Morgan fingerprint density at radius 1 is 1.25 bits per heavy atom. The molecule has 2 aromatic rings. The third kappa shape index (κ3) is 2.81. The van der Waals surface area contributed by atoms with Crippen molar-refractivity contribution in [1.29, 1.82) is 0 Å². The number of benzene rings is 2. The van der Waals surface area contributed by atoms with E-state index in [2.05, 4.69) is 15.9 Å². The van der Waals surface area contributed by atoms with Crippen molar-refractivity contribution in [3.05, 3.63) is 61.6 Å². The summed E-state index contributed by atoms with van der Waals surface area (Å²) in [6.07, 6.45) is 0.542. The summed E-state index contributed by atoms with van der Waals surface area (Å²) in [7, 11) is 0. The molecule has 0 aliphatic carbocycles. The Morgan fingerprint density at radius 2 is 1.95 bits per heavy atom. The van der Waals surface area contributed by atoms with Gasteiger partial charge in [-0.3, -0.25) is 14.9 Å². The second kappa shape index (κ2) is 6.02. The van der Waals surface area contributed by atoms with Crippen LogP contribution < -0.4 is 4.74 Å². The first-order valence-corrected chi connectivity index (χ1v) is 6.56. The third-order valence-electron chi connectivity index (χ3n) is 2.49. The number of nitro benzene ring substituents is 1. The van der Waals surface area contributed by atoms with Crippen molar-refractivity contribution < 1.29 is 14.5 Å². The number of hydrogen-bond donors (Lipinski definition) is 0. The lowest BCUT2D eigenvalue weighted by atomic mass is 10.2. The van der Waals surface area contributed by atoms with E-state index in [9.17, 15) is 14.9 Å². The van der Waals surface area contributed by atoms with Gasteiger partial charge in [0, 0.05) is 6.07 Å². The smallest absolute Gasteiger partial charge is 0.312 e. The third-order valence-corrected chi connectivity index (χ3v) is 3.44. The molecule has 0 aromatic heterocycles. The molecule has 0 bridgehead atoms. The average Bonchev–Trinajstić information content (AvgIpc) is 2.41. The molecule has 0 unspecified atom stereocenters. The Kier molecular flexibility index (Phi) is 4.36. The zero-order valence-corrected chi connectivity index (χ0v) is 12.2. The number of para-hydroxylation sites is 1. The van der Waals surface area contributed by atoms with Crippen LogP contribution >= 0.6 is 27.5 Å². The van der Waals surface area contributed by atoms with Gasteiger partial charge in [-0.2, -0.15) is 0 Å². The number of halogens is 2. The standard InChI is InChI=1S/C13H7BrClNO4/c14-9-3-1-5-11(16(18)19)13(9)20-12-6-2-4-10(15)8(12)7-17/h1-7H. The Balaban J connectivity index is 2.53. The summed E-state index contributed by atoms with van der Waals surface area (Å²) in [6, 6.07) is 9.07. The van der Waals surface area contributed by atoms with Crippen LogP contribution in [0.4, 0.5) is 5.69 Å². The molecule has 20 heavy (non-hydrogen) atoms. The van der Waals surface area contributed by atoms with Gasteiger partial charge >= 0.3 is 5.69 Å². The number of hydrogen-bond acceptors (Lipinski definition) is 4. The normalized spacial score (nSPS) is 10.1. The summed E-state index contributed by atoms with van der Waals surface area (Å²) < 4.78 is 5.91. The van der Waals surface area contributed by atoms with Gasteiger partial charge in [-0.1, -0.05) is 23.7 Å². The summed E-state index contributed by atoms with van der Waals surface area (Å²) in [5.74, 6) is 0.172. The van der Waals surface area contributed by atoms with Crippen molar-refractivity contribution in [3.8, 4) is 11.5 Å². The molecular weight excluding hydrogens is 350 g/mol. The zero-order chi connectivity index (χ0) is 14.7. The van der Waals surface area contributed by atoms with Crippen LogP contribution in [0.2, 0.25) is 5.02 Å². The molecule has 0 spiro atoms. The second-order valence-corrected chi connectivity index (χ2v) is 4.98. The Hall–Kier alpha value is -1.92. The van der Waals surface area contributed by atoms with Crippen molar-refractivity contribution in [3.63, 3.8) is 0 Å². The van der Waals surface area contributed by atoms with Gasteiger partial charge in [-0.25, -0.2) is 0 Å². The number of aldehydes is 1. The lowest BCUT2D eigenvalue weighted by Crippen LogP contribution is -1.96. The summed E-state index contributed by atoms with van der Waals surface area (Å²) in [4.78, 5) is 21.5. The maximum absolute atomic E-state index is 11.0. The van der Waals surface area contributed by atoms with E-state index in [1.165, 1.54) is 24.3 Å². The van der Waals surface area contributed by atoms with E-state index in [-0.39, 0.29) is 27.8 Å². The van der Waals surface area contributed by atoms with Gasteiger partial charge in [-0.05, 0) is 34.1 Å². The largest absolute Gasteiger partial charge is 0.448 e. The molecule has 0 saturated heterocycles. The SMILES string of the molecule is O=Cc1c(Cl)cccc1Oc1c(Br)cccc1[N+](=O)[O-]. The molecule has 0 fully saturated rings. The van der Waals surface area contributed by atoms with E-state index in [1.807, 2.05) is 0 Å². The first kappa shape index (κ1) is 14.5.